The van der Waals surface area contributed by atoms with E-state index >= 15 is 0 Å². The van der Waals surface area contributed by atoms with Gasteiger partial charge in [-0.1, -0.05) is 18.2 Å². The molecular formula is C26H21F3N4O5. The van der Waals surface area contributed by atoms with Gasteiger partial charge in [-0.25, -0.2) is 9.97 Å². The first kappa shape index (κ1) is 25.2. The highest BCUT2D eigenvalue weighted by Crippen LogP contribution is 2.37. The number of aliphatic hydroxyl groups excluding tert-OH is 1. The van der Waals surface area contributed by atoms with Crippen molar-refractivity contribution in [2.45, 2.75) is 18.8 Å². The minimum Gasteiger partial charge on any atom is -0.494 e. The van der Waals surface area contributed by atoms with Crippen molar-refractivity contribution >= 4 is 27.8 Å². The first-order chi connectivity index (χ1) is 18.2. The SMILES string of the molecule is COc1ccc(-c2nc(C(=O)NCc3coc4ccccc34)c([C@H](N)CO)o2)c2ccc(C(F)(F)F)nc12. The van der Waals surface area contributed by atoms with Crippen LogP contribution >= 0.6 is 0 Å². The third-order valence-corrected chi connectivity index (χ3v) is 5.96. The van der Waals surface area contributed by atoms with Crippen LogP contribution < -0.4 is 15.8 Å². The van der Waals surface area contributed by atoms with E-state index in [1.165, 1.54) is 31.6 Å². The molecule has 0 aliphatic heterocycles. The summed E-state index contributed by atoms with van der Waals surface area (Å²) in [5, 5.41) is 13.5. The first-order valence-electron chi connectivity index (χ1n) is 11.4. The summed E-state index contributed by atoms with van der Waals surface area (Å²) in [6.45, 7) is -0.428. The Bertz CT molecular complexity index is 1640. The Labute approximate surface area is 213 Å². The highest BCUT2D eigenvalue weighted by atomic mass is 19.4. The van der Waals surface area contributed by atoms with E-state index in [2.05, 4.69) is 15.3 Å². The van der Waals surface area contributed by atoms with Gasteiger partial charge in [0.1, 0.15) is 22.5 Å². The summed E-state index contributed by atoms with van der Waals surface area (Å²) in [5.74, 6) is -0.684. The number of alkyl halides is 3. The third kappa shape index (κ3) is 4.55. The minimum absolute atomic E-state index is 0.0659. The van der Waals surface area contributed by atoms with E-state index in [0.29, 0.717) is 5.58 Å². The Morgan fingerprint density at radius 1 is 1.13 bits per heavy atom. The molecule has 5 aromatic rings. The summed E-state index contributed by atoms with van der Waals surface area (Å²) in [6.07, 6.45) is -3.13. The second-order valence-electron chi connectivity index (χ2n) is 8.37. The van der Waals surface area contributed by atoms with E-state index in [0.717, 1.165) is 17.0 Å². The van der Waals surface area contributed by atoms with Crippen LogP contribution in [-0.4, -0.2) is 34.7 Å². The number of oxazole rings is 1. The highest BCUT2D eigenvalue weighted by molar-refractivity contribution is 5.98. The van der Waals surface area contributed by atoms with Crippen LogP contribution in [0.3, 0.4) is 0 Å². The molecule has 196 valence electrons. The van der Waals surface area contributed by atoms with Gasteiger partial charge in [0.2, 0.25) is 5.89 Å². The molecule has 0 spiro atoms. The largest absolute Gasteiger partial charge is 0.494 e. The second-order valence-corrected chi connectivity index (χ2v) is 8.37. The Hall–Kier alpha value is -4.42. The Morgan fingerprint density at radius 2 is 1.92 bits per heavy atom. The van der Waals surface area contributed by atoms with E-state index in [4.69, 9.17) is 19.3 Å². The molecule has 0 aliphatic carbocycles. The molecule has 0 fully saturated rings. The fourth-order valence-corrected chi connectivity index (χ4v) is 4.07. The first-order valence-corrected chi connectivity index (χ1v) is 11.4. The molecule has 1 atom stereocenters. The van der Waals surface area contributed by atoms with Crippen molar-refractivity contribution in [1.29, 1.82) is 0 Å². The number of fused-ring (bicyclic) bond motifs is 2. The predicted molar refractivity (Wildman–Crippen MR) is 130 cm³/mol. The number of aromatic nitrogens is 2. The zero-order chi connectivity index (χ0) is 27.0. The summed E-state index contributed by atoms with van der Waals surface area (Å²) >= 11 is 0. The molecule has 0 saturated carbocycles. The minimum atomic E-state index is -4.66. The average Bonchev–Trinajstić information content (AvgIpc) is 3.55. The molecule has 0 unspecified atom stereocenters. The number of nitrogens with zero attached hydrogens (tertiary/aromatic N) is 2. The lowest BCUT2D eigenvalue weighted by molar-refractivity contribution is -0.140. The molecule has 5 rings (SSSR count). The van der Waals surface area contributed by atoms with Gasteiger partial charge in [-0.15, -0.1) is 0 Å². The maximum atomic E-state index is 13.3. The van der Waals surface area contributed by atoms with Gasteiger partial charge in [-0.05, 0) is 30.3 Å². The number of carbonyl (C=O) groups is 1. The number of benzene rings is 2. The highest BCUT2D eigenvalue weighted by Gasteiger charge is 2.33. The summed E-state index contributed by atoms with van der Waals surface area (Å²) in [5.41, 5.74) is 6.31. The average molecular weight is 526 g/mol. The number of para-hydroxylation sites is 1. The van der Waals surface area contributed by atoms with Crippen LogP contribution in [0.4, 0.5) is 13.2 Å². The molecule has 12 heteroatoms. The number of aliphatic hydroxyl groups is 1. The Balaban J connectivity index is 1.53. The Kier molecular flexibility index (Phi) is 6.51. The molecule has 38 heavy (non-hydrogen) atoms. The van der Waals surface area contributed by atoms with E-state index in [-0.39, 0.29) is 46.1 Å². The molecule has 0 aliphatic rings. The van der Waals surface area contributed by atoms with Crippen molar-refractivity contribution < 1.29 is 36.6 Å². The molecule has 2 aromatic carbocycles. The topological polar surface area (TPSA) is 137 Å². The number of hydrogen-bond donors (Lipinski definition) is 3. The van der Waals surface area contributed by atoms with Gasteiger partial charge in [0.05, 0.1) is 26.0 Å². The zero-order valence-electron chi connectivity index (χ0n) is 19.9. The van der Waals surface area contributed by atoms with Crippen molar-refractivity contribution in [3.05, 3.63) is 77.5 Å². The number of ether oxygens (including phenoxy) is 1. The van der Waals surface area contributed by atoms with Crippen LogP contribution in [0, 0.1) is 0 Å². The van der Waals surface area contributed by atoms with Crippen molar-refractivity contribution in [2.24, 2.45) is 5.73 Å². The fraction of sp³-hybridized carbons (Fsp3) is 0.192. The number of hydrogen-bond acceptors (Lipinski definition) is 8. The number of nitrogens with one attached hydrogen (secondary N) is 1. The summed E-state index contributed by atoms with van der Waals surface area (Å²) < 4.78 is 56.3. The number of methoxy groups -OCH3 is 1. The van der Waals surface area contributed by atoms with Crippen molar-refractivity contribution in [3.8, 4) is 17.2 Å². The van der Waals surface area contributed by atoms with Gasteiger partial charge in [-0.3, -0.25) is 4.79 Å². The summed E-state index contributed by atoms with van der Waals surface area (Å²) in [6, 6.07) is 11.3. The fourth-order valence-electron chi connectivity index (χ4n) is 4.07. The van der Waals surface area contributed by atoms with Crippen molar-refractivity contribution in [3.63, 3.8) is 0 Å². The standard InChI is InChI=1S/C26H21F3N4O5/c1-36-19-8-6-16(15-7-9-20(26(27,28)29)32-21(15)19)25-33-22(23(38-25)17(30)11-34)24(35)31-10-13-12-37-18-5-3-2-4-14(13)18/h2-9,12,17,34H,10-11,30H2,1H3,(H,31,35)/t17-/m1/s1. The molecular weight excluding hydrogens is 505 g/mol. The van der Waals surface area contributed by atoms with Gasteiger partial charge in [0.15, 0.2) is 11.5 Å². The maximum Gasteiger partial charge on any atom is 0.433 e. The molecule has 3 aromatic heterocycles. The number of furan rings is 1. The quantitative estimate of drug-likeness (QED) is 0.280. The van der Waals surface area contributed by atoms with Gasteiger partial charge in [0.25, 0.3) is 5.91 Å². The van der Waals surface area contributed by atoms with Crippen molar-refractivity contribution in [2.75, 3.05) is 13.7 Å². The summed E-state index contributed by atoms with van der Waals surface area (Å²) in [7, 11) is 1.31. The summed E-state index contributed by atoms with van der Waals surface area (Å²) in [4.78, 5) is 21.2. The van der Waals surface area contributed by atoms with E-state index in [9.17, 15) is 23.1 Å². The van der Waals surface area contributed by atoms with Crippen LogP contribution in [0.25, 0.3) is 33.3 Å². The van der Waals surface area contributed by atoms with Crippen molar-refractivity contribution in [1.82, 2.24) is 15.3 Å². The second kappa shape index (κ2) is 9.80. The maximum absolute atomic E-state index is 13.3. The van der Waals surface area contributed by atoms with Gasteiger partial charge in [-0.2, -0.15) is 13.2 Å². The normalized spacial score (nSPS) is 12.7. The monoisotopic (exact) mass is 526 g/mol. The molecule has 1 amide bonds. The number of nitrogens with two attached hydrogens (primary N) is 1. The third-order valence-electron chi connectivity index (χ3n) is 5.96. The lowest BCUT2D eigenvalue weighted by Gasteiger charge is -2.11. The zero-order valence-corrected chi connectivity index (χ0v) is 19.9. The van der Waals surface area contributed by atoms with E-state index < -0.39 is 30.4 Å². The van der Waals surface area contributed by atoms with Crippen LogP contribution in [0.1, 0.15) is 33.5 Å². The molecule has 9 nitrogen and oxygen atoms in total. The molecule has 0 saturated heterocycles. The molecule has 3 heterocycles. The van der Waals surface area contributed by atoms with Gasteiger partial charge < -0.3 is 29.7 Å². The van der Waals surface area contributed by atoms with Gasteiger partial charge >= 0.3 is 6.18 Å². The molecule has 4 N–H and O–H groups in total. The number of pyridine rings is 1. The lowest BCUT2D eigenvalue weighted by atomic mass is 10.1. The lowest BCUT2D eigenvalue weighted by Crippen LogP contribution is -2.26. The number of halogens is 3. The van der Waals surface area contributed by atoms with Gasteiger partial charge in [0, 0.05) is 28.4 Å². The van der Waals surface area contributed by atoms with Crippen LogP contribution in [0.2, 0.25) is 0 Å². The number of rotatable bonds is 7. The molecule has 0 bridgehead atoms. The van der Waals surface area contributed by atoms with Crippen LogP contribution in [0.5, 0.6) is 5.75 Å². The molecule has 0 radical (unpaired) electrons. The van der Waals surface area contributed by atoms with E-state index in [1.807, 2.05) is 18.2 Å². The van der Waals surface area contributed by atoms with E-state index in [1.54, 1.807) is 6.07 Å². The van der Waals surface area contributed by atoms with Crippen LogP contribution in [0.15, 0.2) is 63.6 Å². The Morgan fingerprint density at radius 3 is 2.66 bits per heavy atom. The predicted octanol–water partition coefficient (Wildman–Crippen LogP) is 4.59. The number of carbonyl (C=O) groups excluding carboxylic acids is 1. The smallest absolute Gasteiger partial charge is 0.433 e. The number of amides is 1. The van der Waals surface area contributed by atoms with Crippen LogP contribution in [-0.2, 0) is 12.7 Å².